The first kappa shape index (κ1) is 19.9. The minimum atomic E-state index is 0.103. The van der Waals surface area contributed by atoms with Crippen LogP contribution in [0.25, 0.3) is 10.9 Å². The summed E-state index contributed by atoms with van der Waals surface area (Å²) in [6.07, 6.45) is 5.67. The number of aryl methyl sites for hydroxylation is 1. The van der Waals surface area contributed by atoms with Crippen molar-refractivity contribution in [3.8, 4) is 0 Å². The lowest BCUT2D eigenvalue weighted by molar-refractivity contribution is -0.123. The van der Waals surface area contributed by atoms with Gasteiger partial charge in [-0.05, 0) is 61.8 Å². The van der Waals surface area contributed by atoms with E-state index in [9.17, 15) is 9.59 Å². The number of aromatic nitrogens is 1. The van der Waals surface area contributed by atoms with E-state index in [-0.39, 0.29) is 23.1 Å². The lowest BCUT2D eigenvalue weighted by Crippen LogP contribution is -2.40. The second-order valence-corrected chi connectivity index (χ2v) is 9.18. The highest BCUT2D eigenvalue weighted by Crippen LogP contribution is 2.59. The molecule has 1 aliphatic heterocycles. The van der Waals surface area contributed by atoms with Crippen LogP contribution in [0.2, 0.25) is 0 Å². The number of hydrogen-bond donors (Lipinski definition) is 2. The third-order valence-corrected chi connectivity index (χ3v) is 7.19. The molecule has 1 aromatic heterocycles. The monoisotopic (exact) mass is 415 g/mol. The largest absolute Gasteiger partial charge is 0.361 e. The number of likely N-dealkylation sites (tertiary alicyclic amines) is 1. The summed E-state index contributed by atoms with van der Waals surface area (Å²) in [6.45, 7) is 4.15. The molecule has 2 fully saturated rings. The summed E-state index contributed by atoms with van der Waals surface area (Å²) in [5.41, 5.74) is 4.35. The lowest BCUT2D eigenvalue weighted by Gasteiger charge is -2.33. The van der Waals surface area contributed by atoms with Gasteiger partial charge in [-0.2, -0.15) is 0 Å². The van der Waals surface area contributed by atoms with E-state index in [1.54, 1.807) is 0 Å². The van der Waals surface area contributed by atoms with Crippen molar-refractivity contribution in [1.82, 2.24) is 15.2 Å². The molecule has 1 atom stereocenters. The molecule has 0 bridgehead atoms. The van der Waals surface area contributed by atoms with Crippen LogP contribution in [0.15, 0.2) is 54.7 Å². The minimum absolute atomic E-state index is 0.103. The van der Waals surface area contributed by atoms with Gasteiger partial charge in [0.2, 0.25) is 5.91 Å². The lowest BCUT2D eigenvalue weighted by atomic mass is 9.90. The van der Waals surface area contributed by atoms with Crippen molar-refractivity contribution < 1.29 is 9.59 Å². The maximum atomic E-state index is 12.8. The average Bonchev–Trinajstić information content (AvgIpc) is 3.33. The Labute approximate surface area is 182 Å². The van der Waals surface area contributed by atoms with Crippen LogP contribution in [0, 0.1) is 18.3 Å². The van der Waals surface area contributed by atoms with E-state index in [1.165, 1.54) is 10.9 Å². The highest BCUT2D eigenvalue weighted by Gasteiger charge is 2.58. The highest BCUT2D eigenvalue weighted by molar-refractivity contribution is 5.94. The van der Waals surface area contributed by atoms with Gasteiger partial charge >= 0.3 is 0 Å². The molecule has 2 amide bonds. The Morgan fingerprint density at radius 2 is 1.94 bits per heavy atom. The van der Waals surface area contributed by atoms with E-state index < -0.39 is 0 Å². The smallest absolute Gasteiger partial charge is 0.253 e. The summed E-state index contributed by atoms with van der Waals surface area (Å²) >= 11 is 0. The van der Waals surface area contributed by atoms with Gasteiger partial charge in [-0.1, -0.05) is 35.9 Å². The summed E-state index contributed by atoms with van der Waals surface area (Å²) in [5, 5.41) is 4.38. The predicted molar refractivity (Wildman–Crippen MR) is 122 cm³/mol. The minimum Gasteiger partial charge on any atom is -0.361 e. The fourth-order valence-electron chi connectivity index (χ4n) is 5.17. The van der Waals surface area contributed by atoms with Gasteiger partial charge in [-0.15, -0.1) is 0 Å². The van der Waals surface area contributed by atoms with E-state index in [1.807, 2.05) is 54.4 Å². The van der Waals surface area contributed by atoms with Crippen LogP contribution >= 0.6 is 0 Å². The van der Waals surface area contributed by atoms with Gasteiger partial charge in [0.05, 0.1) is 0 Å². The first-order valence-corrected chi connectivity index (χ1v) is 11.2. The molecule has 5 nitrogen and oxygen atoms in total. The van der Waals surface area contributed by atoms with E-state index in [2.05, 4.69) is 22.4 Å². The molecule has 5 heteroatoms. The number of nitrogens with zero attached hydrogens (tertiary/aromatic N) is 1. The van der Waals surface area contributed by atoms with E-state index in [0.29, 0.717) is 6.54 Å². The zero-order valence-electron chi connectivity index (χ0n) is 18.0. The molecule has 31 heavy (non-hydrogen) atoms. The van der Waals surface area contributed by atoms with Crippen LogP contribution in [0.1, 0.15) is 40.7 Å². The maximum absolute atomic E-state index is 12.8. The first-order chi connectivity index (χ1) is 15.1. The summed E-state index contributed by atoms with van der Waals surface area (Å²) in [4.78, 5) is 30.8. The Morgan fingerprint density at radius 1 is 1.13 bits per heavy atom. The maximum Gasteiger partial charge on any atom is 0.253 e. The number of aromatic amines is 1. The van der Waals surface area contributed by atoms with Gasteiger partial charge < -0.3 is 15.2 Å². The number of amides is 2. The molecule has 5 rings (SSSR count). The second kappa shape index (κ2) is 7.88. The van der Waals surface area contributed by atoms with Gasteiger partial charge in [0, 0.05) is 48.2 Å². The van der Waals surface area contributed by atoms with Gasteiger partial charge in [0.1, 0.15) is 0 Å². The number of hydrogen-bond acceptors (Lipinski definition) is 2. The van der Waals surface area contributed by atoms with Crippen LogP contribution < -0.4 is 5.32 Å². The quantitative estimate of drug-likeness (QED) is 0.660. The number of nitrogens with one attached hydrogen (secondary N) is 2. The zero-order chi connectivity index (χ0) is 21.4. The van der Waals surface area contributed by atoms with Crippen molar-refractivity contribution in [2.24, 2.45) is 11.3 Å². The number of carbonyl (C=O) groups is 2. The SMILES string of the molecule is Cc1cccc(C(=O)N2CCC3(CC2)CC3C(=O)NCCc2c[nH]c3ccccc23)c1. The predicted octanol–water partition coefficient (Wildman–Crippen LogP) is 4.08. The number of piperidine rings is 1. The number of para-hydroxylation sites is 1. The van der Waals surface area contributed by atoms with Crippen molar-refractivity contribution in [3.63, 3.8) is 0 Å². The molecular formula is C26H29N3O2. The summed E-state index contributed by atoms with van der Waals surface area (Å²) < 4.78 is 0. The first-order valence-electron chi connectivity index (χ1n) is 11.2. The van der Waals surface area contributed by atoms with Gasteiger partial charge in [0.25, 0.3) is 5.91 Å². The molecule has 160 valence electrons. The summed E-state index contributed by atoms with van der Waals surface area (Å²) in [5.74, 6) is 0.393. The number of fused-ring (bicyclic) bond motifs is 1. The summed E-state index contributed by atoms with van der Waals surface area (Å²) in [6, 6.07) is 16.0. The van der Waals surface area contributed by atoms with Gasteiger partial charge in [-0.3, -0.25) is 9.59 Å². The second-order valence-electron chi connectivity index (χ2n) is 9.18. The van der Waals surface area contributed by atoms with Crippen molar-refractivity contribution in [3.05, 3.63) is 71.4 Å². The Kier molecular flexibility index (Phi) is 5.05. The highest BCUT2D eigenvalue weighted by atomic mass is 16.2. The molecule has 3 aromatic rings. The number of rotatable bonds is 5. The van der Waals surface area contributed by atoms with Gasteiger partial charge in [0.15, 0.2) is 0 Å². The Hall–Kier alpha value is -3.08. The van der Waals surface area contributed by atoms with Crippen molar-refractivity contribution in [1.29, 1.82) is 0 Å². The van der Waals surface area contributed by atoms with E-state index in [0.717, 1.165) is 55.4 Å². The Bertz CT molecular complexity index is 1120. The molecular weight excluding hydrogens is 386 g/mol. The molecule has 0 radical (unpaired) electrons. The molecule has 2 aliphatic rings. The Balaban J connectivity index is 1.11. The number of benzene rings is 2. The molecule has 2 heterocycles. The van der Waals surface area contributed by atoms with E-state index in [4.69, 9.17) is 0 Å². The van der Waals surface area contributed by atoms with Crippen LogP contribution in [-0.4, -0.2) is 41.3 Å². The average molecular weight is 416 g/mol. The molecule has 1 saturated heterocycles. The van der Waals surface area contributed by atoms with Crippen molar-refractivity contribution in [2.75, 3.05) is 19.6 Å². The molecule has 2 aromatic carbocycles. The van der Waals surface area contributed by atoms with Crippen LogP contribution in [0.4, 0.5) is 0 Å². The number of H-pyrrole nitrogens is 1. The molecule has 1 unspecified atom stereocenters. The molecule has 1 aliphatic carbocycles. The van der Waals surface area contributed by atoms with E-state index >= 15 is 0 Å². The fourth-order valence-corrected chi connectivity index (χ4v) is 5.17. The fraction of sp³-hybridized carbons (Fsp3) is 0.385. The summed E-state index contributed by atoms with van der Waals surface area (Å²) in [7, 11) is 0. The topological polar surface area (TPSA) is 65.2 Å². The molecule has 2 N–H and O–H groups in total. The number of carbonyl (C=O) groups excluding carboxylic acids is 2. The van der Waals surface area contributed by atoms with Crippen molar-refractivity contribution >= 4 is 22.7 Å². The third-order valence-electron chi connectivity index (χ3n) is 7.19. The van der Waals surface area contributed by atoms with Crippen LogP contribution in [0.3, 0.4) is 0 Å². The molecule has 1 spiro atoms. The van der Waals surface area contributed by atoms with Crippen LogP contribution in [0.5, 0.6) is 0 Å². The van der Waals surface area contributed by atoms with Crippen LogP contribution in [-0.2, 0) is 11.2 Å². The van der Waals surface area contributed by atoms with Crippen molar-refractivity contribution in [2.45, 2.75) is 32.6 Å². The standard InChI is InChI=1S/C26H29N3O2/c1-18-5-4-6-19(15-18)25(31)29-13-10-26(11-14-29)16-22(26)24(30)27-12-9-20-17-28-23-8-3-2-7-21(20)23/h2-8,15,17,22,28H,9-14,16H2,1H3,(H,27,30). The third kappa shape index (κ3) is 3.85. The Morgan fingerprint density at radius 3 is 2.74 bits per heavy atom. The zero-order valence-corrected chi connectivity index (χ0v) is 18.0. The normalized spacial score (nSPS) is 19.5. The van der Waals surface area contributed by atoms with Gasteiger partial charge in [-0.25, -0.2) is 0 Å². The molecule has 1 saturated carbocycles.